The minimum absolute atomic E-state index is 0.0951. The fourth-order valence-electron chi connectivity index (χ4n) is 1.28. The van der Waals surface area contributed by atoms with E-state index in [0.717, 1.165) is 0 Å². The van der Waals surface area contributed by atoms with Gasteiger partial charge in [-0.3, -0.25) is 9.59 Å². The zero-order chi connectivity index (χ0) is 11.7. The second-order valence-electron chi connectivity index (χ2n) is 3.15. The Labute approximate surface area is 88.1 Å². The van der Waals surface area contributed by atoms with Crippen LogP contribution in [0.3, 0.4) is 0 Å². The summed E-state index contributed by atoms with van der Waals surface area (Å²) < 4.78 is 0. The first-order valence-corrected chi connectivity index (χ1v) is 5.65. The van der Waals surface area contributed by atoms with Crippen molar-refractivity contribution >= 4 is 11.6 Å². The Morgan fingerprint density at radius 2 is 1.43 bits per heavy atom. The van der Waals surface area contributed by atoms with Crippen LogP contribution in [-0.2, 0) is 9.59 Å². The highest BCUT2D eigenvalue weighted by molar-refractivity contribution is 6.02. The summed E-state index contributed by atoms with van der Waals surface area (Å²) in [6, 6.07) is 0. The third-order valence-electron chi connectivity index (χ3n) is 2.28. The number of rotatable bonds is 0. The number of ketones is 2. The first kappa shape index (κ1) is 15.8. The maximum Gasteiger partial charge on any atom is 0.143 e. The van der Waals surface area contributed by atoms with Crippen molar-refractivity contribution in [1.82, 2.24) is 0 Å². The van der Waals surface area contributed by atoms with E-state index in [1.165, 1.54) is 0 Å². The van der Waals surface area contributed by atoms with E-state index in [2.05, 4.69) is 0 Å². The minimum Gasteiger partial charge on any atom is -0.299 e. The van der Waals surface area contributed by atoms with Crippen LogP contribution in [0.4, 0.5) is 0 Å². The van der Waals surface area contributed by atoms with E-state index in [1.807, 2.05) is 41.5 Å². The third-order valence-corrected chi connectivity index (χ3v) is 2.28. The molecule has 1 aliphatic carbocycles. The van der Waals surface area contributed by atoms with E-state index in [0.29, 0.717) is 6.42 Å². The van der Waals surface area contributed by atoms with Crippen molar-refractivity contribution in [2.45, 2.75) is 54.4 Å². The molecular weight excluding hydrogens is 176 g/mol. The topological polar surface area (TPSA) is 34.1 Å². The van der Waals surface area contributed by atoms with Crippen molar-refractivity contribution in [1.29, 1.82) is 0 Å². The maximum atomic E-state index is 11.0. The summed E-state index contributed by atoms with van der Waals surface area (Å²) in [6.45, 7) is 11.9. The third kappa shape index (κ3) is 5.15. The summed E-state index contributed by atoms with van der Waals surface area (Å²) in [5, 5.41) is 0. The number of Topliss-reactive ketones (excluding diaryl/α,β-unsaturated/α-hetero) is 2. The second-order valence-corrected chi connectivity index (χ2v) is 3.15. The molecular formula is C12H24O2. The summed E-state index contributed by atoms with van der Waals surface area (Å²) in [6.07, 6.45) is 0.762. The van der Waals surface area contributed by atoms with Crippen molar-refractivity contribution in [3.8, 4) is 0 Å². The van der Waals surface area contributed by atoms with Crippen LogP contribution >= 0.6 is 0 Å². The van der Waals surface area contributed by atoms with Gasteiger partial charge in [-0.05, 0) is 5.92 Å². The highest BCUT2D eigenvalue weighted by atomic mass is 16.1. The van der Waals surface area contributed by atoms with Gasteiger partial charge in [0.05, 0.1) is 6.42 Å². The van der Waals surface area contributed by atoms with Gasteiger partial charge in [0.2, 0.25) is 0 Å². The second kappa shape index (κ2) is 8.92. The molecule has 0 amide bonds. The lowest BCUT2D eigenvalue weighted by molar-refractivity contribution is -0.134. The summed E-state index contributed by atoms with van der Waals surface area (Å²) in [7, 11) is 0. The molecule has 0 aromatic rings. The molecule has 0 aromatic heterocycles. The first-order valence-electron chi connectivity index (χ1n) is 5.65. The van der Waals surface area contributed by atoms with Gasteiger partial charge in [-0.1, -0.05) is 41.5 Å². The van der Waals surface area contributed by atoms with Gasteiger partial charge in [0.25, 0.3) is 0 Å². The summed E-state index contributed by atoms with van der Waals surface area (Å²) >= 11 is 0. The van der Waals surface area contributed by atoms with Gasteiger partial charge >= 0.3 is 0 Å². The molecule has 0 radical (unpaired) electrons. The lowest BCUT2D eigenvalue weighted by Gasteiger charge is -2.22. The Morgan fingerprint density at radius 1 is 1.00 bits per heavy atom. The molecule has 0 bridgehead atoms. The molecule has 2 heteroatoms. The Balaban J connectivity index is 0. The normalized spacial score (nSPS) is 25.6. The van der Waals surface area contributed by atoms with Crippen LogP contribution in [0, 0.1) is 11.8 Å². The number of carbonyl (C=O) groups is 2. The van der Waals surface area contributed by atoms with Gasteiger partial charge in [0.15, 0.2) is 0 Å². The van der Waals surface area contributed by atoms with Crippen LogP contribution in [0.15, 0.2) is 0 Å². The molecule has 1 aliphatic rings. The number of carbonyl (C=O) groups excluding carboxylic acids is 2. The summed E-state index contributed by atoms with van der Waals surface area (Å²) in [4.78, 5) is 21.8. The van der Waals surface area contributed by atoms with Crippen LogP contribution in [-0.4, -0.2) is 11.6 Å². The van der Waals surface area contributed by atoms with E-state index in [4.69, 9.17) is 0 Å². The maximum absolute atomic E-state index is 11.0. The van der Waals surface area contributed by atoms with Crippen molar-refractivity contribution in [3.63, 3.8) is 0 Å². The van der Waals surface area contributed by atoms with Crippen LogP contribution in [0.1, 0.15) is 54.4 Å². The molecule has 2 atom stereocenters. The van der Waals surface area contributed by atoms with Gasteiger partial charge in [-0.15, -0.1) is 0 Å². The molecule has 1 fully saturated rings. The first-order chi connectivity index (χ1) is 6.61. The number of hydrogen-bond acceptors (Lipinski definition) is 2. The SMILES string of the molecule is CC.CC.CC1CC(=O)CC(=O)C1C. The monoisotopic (exact) mass is 200 g/mol. The molecule has 2 nitrogen and oxygen atoms in total. The average molecular weight is 200 g/mol. The van der Waals surface area contributed by atoms with E-state index in [9.17, 15) is 9.59 Å². The van der Waals surface area contributed by atoms with E-state index < -0.39 is 0 Å². The van der Waals surface area contributed by atoms with Crippen molar-refractivity contribution in [2.24, 2.45) is 11.8 Å². The molecule has 0 saturated heterocycles. The molecule has 1 rings (SSSR count). The van der Waals surface area contributed by atoms with Crippen LogP contribution in [0.5, 0.6) is 0 Å². The Bertz CT molecular complexity index is 173. The Morgan fingerprint density at radius 3 is 1.79 bits per heavy atom. The van der Waals surface area contributed by atoms with E-state index in [1.54, 1.807) is 0 Å². The van der Waals surface area contributed by atoms with Crippen molar-refractivity contribution < 1.29 is 9.59 Å². The van der Waals surface area contributed by atoms with Gasteiger partial charge in [0.1, 0.15) is 11.6 Å². The predicted molar refractivity (Wildman–Crippen MR) is 60.3 cm³/mol. The van der Waals surface area contributed by atoms with Gasteiger partial charge in [0, 0.05) is 12.3 Å². The minimum atomic E-state index is 0.0951. The molecule has 0 heterocycles. The summed E-state index contributed by atoms with van der Waals surface area (Å²) in [5.41, 5.74) is 0. The summed E-state index contributed by atoms with van der Waals surface area (Å²) in [5.74, 6) is 0.575. The van der Waals surface area contributed by atoms with Gasteiger partial charge < -0.3 is 0 Å². The standard InChI is InChI=1S/C8H12O2.2C2H6/c1-5-3-7(9)4-8(10)6(5)2;2*1-2/h5-6H,3-4H2,1-2H3;2*1-2H3. The predicted octanol–water partition coefficient (Wildman–Crippen LogP) is 3.24. The molecule has 0 aromatic carbocycles. The Hall–Kier alpha value is -0.660. The van der Waals surface area contributed by atoms with Crippen LogP contribution < -0.4 is 0 Å². The Kier molecular flexibility index (Phi) is 10.1. The smallest absolute Gasteiger partial charge is 0.143 e. The quantitative estimate of drug-likeness (QED) is 0.562. The molecule has 0 N–H and O–H groups in total. The highest BCUT2D eigenvalue weighted by Gasteiger charge is 2.29. The van der Waals surface area contributed by atoms with Crippen LogP contribution in [0.25, 0.3) is 0 Å². The molecule has 2 unspecified atom stereocenters. The van der Waals surface area contributed by atoms with E-state index in [-0.39, 0.29) is 29.8 Å². The molecule has 0 spiro atoms. The molecule has 0 aliphatic heterocycles. The van der Waals surface area contributed by atoms with E-state index >= 15 is 0 Å². The fraction of sp³-hybridized carbons (Fsp3) is 0.833. The fourth-order valence-corrected chi connectivity index (χ4v) is 1.28. The molecule has 14 heavy (non-hydrogen) atoms. The highest BCUT2D eigenvalue weighted by Crippen LogP contribution is 2.23. The largest absolute Gasteiger partial charge is 0.299 e. The zero-order valence-electron chi connectivity index (χ0n) is 10.4. The van der Waals surface area contributed by atoms with Gasteiger partial charge in [-0.25, -0.2) is 0 Å². The molecule has 1 saturated carbocycles. The average Bonchev–Trinajstić information content (AvgIpc) is 2.20. The lowest BCUT2D eigenvalue weighted by Crippen LogP contribution is -2.29. The van der Waals surface area contributed by atoms with Gasteiger partial charge in [-0.2, -0.15) is 0 Å². The lowest BCUT2D eigenvalue weighted by atomic mass is 9.80. The van der Waals surface area contributed by atoms with Crippen molar-refractivity contribution in [2.75, 3.05) is 0 Å². The van der Waals surface area contributed by atoms with Crippen molar-refractivity contribution in [3.05, 3.63) is 0 Å². The number of hydrogen-bond donors (Lipinski definition) is 0. The zero-order valence-corrected chi connectivity index (χ0v) is 10.4. The van der Waals surface area contributed by atoms with Crippen LogP contribution in [0.2, 0.25) is 0 Å². The molecule has 84 valence electrons.